The molecule has 6 heteroatoms. The van der Waals surface area contributed by atoms with Gasteiger partial charge in [-0.1, -0.05) is 39.1 Å². The lowest BCUT2D eigenvalue weighted by atomic mass is 10.0. The topological polar surface area (TPSA) is 37.3 Å². The van der Waals surface area contributed by atoms with Crippen molar-refractivity contribution in [2.75, 3.05) is 0 Å². The molecule has 0 saturated heterocycles. The van der Waals surface area contributed by atoms with E-state index in [4.69, 9.17) is 16.7 Å². The summed E-state index contributed by atoms with van der Waals surface area (Å²) in [7, 11) is 0. The predicted octanol–water partition coefficient (Wildman–Crippen LogP) is 4.20. The van der Waals surface area contributed by atoms with Crippen LogP contribution >= 0.6 is 23.4 Å². The van der Waals surface area contributed by atoms with Crippen molar-refractivity contribution in [2.45, 2.75) is 37.2 Å². The van der Waals surface area contributed by atoms with Gasteiger partial charge in [-0.25, -0.2) is 0 Å². The molecular formula is C12H17ClF2O2S. The first kappa shape index (κ1) is 15.8. The van der Waals surface area contributed by atoms with Crippen LogP contribution in [0.3, 0.4) is 0 Å². The highest BCUT2D eigenvalue weighted by molar-refractivity contribution is 8.02. The molecule has 0 bridgehead atoms. The second kappa shape index (κ2) is 5.00. The number of aliphatic carboxylic acids is 1. The summed E-state index contributed by atoms with van der Waals surface area (Å²) in [6, 6.07) is 0. The molecule has 3 atom stereocenters. The van der Waals surface area contributed by atoms with Gasteiger partial charge in [0.2, 0.25) is 0 Å². The molecule has 0 aromatic carbocycles. The number of hydrogen-bond donors (Lipinski definition) is 1. The summed E-state index contributed by atoms with van der Waals surface area (Å²) in [6.07, 6.45) is 0.408. The number of hydrogen-bond acceptors (Lipinski definition) is 2. The molecule has 1 aliphatic carbocycles. The fourth-order valence-electron chi connectivity index (χ4n) is 2.25. The molecule has 0 heterocycles. The van der Waals surface area contributed by atoms with Crippen molar-refractivity contribution in [3.05, 3.63) is 12.2 Å². The van der Waals surface area contributed by atoms with Gasteiger partial charge in [-0.2, -0.15) is 8.78 Å². The third kappa shape index (κ3) is 2.82. The monoisotopic (exact) mass is 298 g/mol. The molecule has 0 radical (unpaired) electrons. The summed E-state index contributed by atoms with van der Waals surface area (Å²) in [6.45, 7) is 8.46. The van der Waals surface area contributed by atoms with Gasteiger partial charge in [0.1, 0.15) is 0 Å². The smallest absolute Gasteiger partial charge is 0.316 e. The van der Waals surface area contributed by atoms with Gasteiger partial charge in [0.25, 0.3) is 0 Å². The van der Waals surface area contributed by atoms with Crippen molar-refractivity contribution in [1.82, 2.24) is 0 Å². The molecule has 1 fully saturated rings. The molecule has 104 valence electrons. The van der Waals surface area contributed by atoms with Crippen LogP contribution in [-0.4, -0.2) is 21.0 Å². The van der Waals surface area contributed by atoms with Crippen LogP contribution in [0.4, 0.5) is 8.78 Å². The van der Waals surface area contributed by atoms with Gasteiger partial charge in [-0.15, -0.1) is 11.6 Å². The van der Waals surface area contributed by atoms with Crippen molar-refractivity contribution in [3.63, 3.8) is 0 Å². The number of carboxylic acids is 1. The number of alkyl halides is 3. The third-order valence-electron chi connectivity index (χ3n) is 3.44. The zero-order valence-electron chi connectivity index (χ0n) is 10.5. The lowest BCUT2D eigenvalue weighted by Crippen LogP contribution is -2.20. The van der Waals surface area contributed by atoms with E-state index in [-0.39, 0.29) is 5.57 Å². The van der Waals surface area contributed by atoms with E-state index in [0.29, 0.717) is 18.2 Å². The van der Waals surface area contributed by atoms with Gasteiger partial charge in [0, 0.05) is 11.5 Å². The van der Waals surface area contributed by atoms with E-state index >= 15 is 0 Å². The summed E-state index contributed by atoms with van der Waals surface area (Å²) in [5.41, 5.74) is -0.995. The maximum Gasteiger partial charge on any atom is 0.316 e. The van der Waals surface area contributed by atoms with E-state index < -0.39 is 33.2 Å². The van der Waals surface area contributed by atoms with E-state index in [0.717, 1.165) is 0 Å². The highest BCUT2D eigenvalue weighted by Crippen LogP contribution is 2.65. The van der Waals surface area contributed by atoms with Crippen LogP contribution in [0, 0.1) is 17.3 Å². The van der Waals surface area contributed by atoms with Crippen molar-refractivity contribution in [1.29, 1.82) is 0 Å². The molecule has 0 spiro atoms. The molecule has 18 heavy (non-hydrogen) atoms. The number of thioether (sulfide) groups is 1. The average Bonchev–Trinajstić information content (AvgIpc) is 2.79. The number of carbonyl (C=O) groups is 1. The van der Waals surface area contributed by atoms with Gasteiger partial charge in [0.05, 0.1) is 10.6 Å². The normalized spacial score (nSPS) is 27.7. The summed E-state index contributed by atoms with van der Waals surface area (Å²) >= 11 is 6.05. The summed E-state index contributed by atoms with van der Waals surface area (Å²) < 4.78 is 27.1. The zero-order valence-corrected chi connectivity index (χ0v) is 12.1. The van der Waals surface area contributed by atoms with Gasteiger partial charge < -0.3 is 5.11 Å². The Kier molecular flexibility index (Phi) is 4.38. The van der Waals surface area contributed by atoms with Crippen LogP contribution < -0.4 is 0 Å². The molecule has 3 unspecified atom stereocenters. The van der Waals surface area contributed by atoms with Crippen LogP contribution in [0.2, 0.25) is 0 Å². The van der Waals surface area contributed by atoms with Crippen molar-refractivity contribution >= 4 is 29.3 Å². The van der Waals surface area contributed by atoms with Gasteiger partial charge in [-0.3, -0.25) is 4.79 Å². The van der Waals surface area contributed by atoms with Gasteiger partial charge in [-0.05, 0) is 11.8 Å². The molecular weight excluding hydrogens is 282 g/mol. The zero-order chi connectivity index (χ0) is 14.3. The Morgan fingerprint density at radius 3 is 2.39 bits per heavy atom. The summed E-state index contributed by atoms with van der Waals surface area (Å²) in [5.74, 6) is -2.53. The largest absolute Gasteiger partial charge is 0.481 e. The highest BCUT2D eigenvalue weighted by atomic mass is 35.5. The Labute approximate surface area is 115 Å². The van der Waals surface area contributed by atoms with Crippen molar-refractivity contribution in [2.24, 2.45) is 17.3 Å². The molecule has 0 amide bonds. The first-order chi connectivity index (χ1) is 8.05. The molecule has 2 nitrogen and oxygen atoms in total. The Hall–Kier alpha value is -0.290. The Balaban J connectivity index is 2.80. The van der Waals surface area contributed by atoms with E-state index in [1.165, 1.54) is 0 Å². The van der Waals surface area contributed by atoms with E-state index in [1.807, 2.05) is 0 Å². The van der Waals surface area contributed by atoms with Crippen LogP contribution in [0.1, 0.15) is 27.2 Å². The molecule has 1 saturated carbocycles. The number of rotatable bonds is 6. The Morgan fingerprint density at radius 2 is 2.06 bits per heavy atom. The fraction of sp³-hybridized carbons (Fsp3) is 0.750. The Bertz CT molecular complexity index is 371. The predicted molar refractivity (Wildman–Crippen MR) is 70.0 cm³/mol. The molecule has 0 aromatic heterocycles. The first-order valence-electron chi connectivity index (χ1n) is 5.67. The number of halogens is 3. The minimum Gasteiger partial charge on any atom is -0.481 e. The standard InChI is InChI=1S/C12H17ClF2O2S/c1-5-7(13)18-12(14,15)6(2)8-9(10(16)17)11(8,3)4/h7-9H,2,5H2,1,3-4H3,(H,16,17). The molecule has 1 aliphatic rings. The maximum absolute atomic E-state index is 13.9. The molecule has 0 aromatic rings. The third-order valence-corrected chi connectivity index (χ3v) is 5.16. The molecule has 0 aliphatic heterocycles. The number of carboxylic acid groups (broad SMARTS) is 1. The molecule has 1 rings (SSSR count). The maximum atomic E-state index is 13.9. The van der Waals surface area contributed by atoms with E-state index in [9.17, 15) is 13.6 Å². The van der Waals surface area contributed by atoms with Crippen LogP contribution in [-0.2, 0) is 4.79 Å². The Morgan fingerprint density at radius 1 is 1.56 bits per heavy atom. The lowest BCUT2D eigenvalue weighted by molar-refractivity contribution is -0.139. The molecule has 1 N–H and O–H groups in total. The van der Waals surface area contributed by atoms with Gasteiger partial charge >= 0.3 is 11.2 Å². The van der Waals surface area contributed by atoms with Gasteiger partial charge in [0.15, 0.2) is 0 Å². The van der Waals surface area contributed by atoms with Crippen LogP contribution in [0.15, 0.2) is 12.2 Å². The fourth-order valence-corrected chi connectivity index (χ4v) is 3.35. The van der Waals surface area contributed by atoms with Crippen LogP contribution in [0.25, 0.3) is 0 Å². The van der Waals surface area contributed by atoms with Crippen molar-refractivity contribution in [3.8, 4) is 0 Å². The van der Waals surface area contributed by atoms with E-state index in [1.54, 1.807) is 20.8 Å². The second-order valence-electron chi connectivity index (χ2n) is 5.09. The second-order valence-corrected chi connectivity index (χ2v) is 7.20. The average molecular weight is 299 g/mol. The minimum absolute atomic E-state index is 0.330. The SMILES string of the molecule is C=C(C1C(C(=O)O)C1(C)C)C(F)(F)SC(Cl)CC. The lowest BCUT2D eigenvalue weighted by Gasteiger charge is -2.21. The highest BCUT2D eigenvalue weighted by Gasteiger charge is 2.66. The van der Waals surface area contributed by atoms with E-state index in [2.05, 4.69) is 6.58 Å². The van der Waals surface area contributed by atoms with Crippen LogP contribution in [0.5, 0.6) is 0 Å². The van der Waals surface area contributed by atoms with Crippen molar-refractivity contribution < 1.29 is 18.7 Å². The summed E-state index contributed by atoms with van der Waals surface area (Å²) in [4.78, 5) is 11.0. The minimum atomic E-state index is -3.19. The first-order valence-corrected chi connectivity index (χ1v) is 6.99. The summed E-state index contributed by atoms with van der Waals surface area (Å²) in [5, 5.41) is 5.80. The quantitative estimate of drug-likeness (QED) is 0.590.